The lowest BCUT2D eigenvalue weighted by Crippen LogP contribution is -2.10. The van der Waals surface area contributed by atoms with Crippen LogP contribution in [0.4, 0.5) is 0 Å². The molecule has 18 heavy (non-hydrogen) atoms. The van der Waals surface area contributed by atoms with E-state index in [-0.39, 0.29) is 12.2 Å². The van der Waals surface area contributed by atoms with Gasteiger partial charge in [0.1, 0.15) is 5.78 Å². The summed E-state index contributed by atoms with van der Waals surface area (Å²) in [6.45, 7) is 5.46. The largest absolute Gasteiger partial charge is 0.463 e. The van der Waals surface area contributed by atoms with Crippen LogP contribution >= 0.6 is 0 Å². The summed E-state index contributed by atoms with van der Waals surface area (Å²) in [5.74, 6) is -0.521. The van der Waals surface area contributed by atoms with Gasteiger partial charge in [-0.1, -0.05) is 6.92 Å². The van der Waals surface area contributed by atoms with Crippen LogP contribution in [0.2, 0.25) is 0 Å². The van der Waals surface area contributed by atoms with E-state index in [4.69, 9.17) is 4.74 Å². The van der Waals surface area contributed by atoms with E-state index in [1.807, 2.05) is 6.92 Å². The van der Waals surface area contributed by atoms with E-state index < -0.39 is 5.97 Å². The smallest absolute Gasteiger partial charge is 0.334 e. The Hall–Kier alpha value is -1.91. The van der Waals surface area contributed by atoms with Gasteiger partial charge >= 0.3 is 5.97 Å². The van der Waals surface area contributed by atoms with Gasteiger partial charge in [-0.3, -0.25) is 9.89 Å². The molecule has 0 aromatic carbocycles. The molecular formula is C13H18N2O3. The number of hydrogen-bond acceptors (Lipinski definition) is 4. The first kappa shape index (κ1) is 14.2. The van der Waals surface area contributed by atoms with E-state index in [0.29, 0.717) is 12.2 Å². The standard InChI is InChI=1S/C13H18N2O3/c1-4-12-11(8-14-15-12)7-10(6-9(3)16)13(17)18-5-2/h7-8H,4-6H2,1-3H3,(H,14,15). The molecule has 1 heterocycles. The number of ketones is 1. The topological polar surface area (TPSA) is 72.0 Å². The van der Waals surface area contributed by atoms with Crippen molar-refractivity contribution in [3.63, 3.8) is 0 Å². The average molecular weight is 250 g/mol. The molecule has 0 amide bonds. The fourth-order valence-corrected chi connectivity index (χ4v) is 1.59. The third-order valence-corrected chi connectivity index (χ3v) is 2.41. The number of H-pyrrole nitrogens is 1. The van der Waals surface area contributed by atoms with Crippen molar-refractivity contribution in [1.29, 1.82) is 0 Å². The molecule has 1 N–H and O–H groups in total. The Morgan fingerprint density at radius 3 is 2.72 bits per heavy atom. The molecular weight excluding hydrogens is 232 g/mol. The first-order valence-electron chi connectivity index (χ1n) is 5.97. The molecule has 5 heteroatoms. The van der Waals surface area contributed by atoms with Crippen LogP contribution in [-0.2, 0) is 20.7 Å². The predicted molar refractivity (Wildman–Crippen MR) is 67.9 cm³/mol. The highest BCUT2D eigenvalue weighted by Crippen LogP contribution is 2.15. The first-order chi connectivity index (χ1) is 8.58. The van der Waals surface area contributed by atoms with E-state index in [9.17, 15) is 9.59 Å². The summed E-state index contributed by atoms with van der Waals surface area (Å²) in [6.07, 6.45) is 4.16. The van der Waals surface area contributed by atoms with Gasteiger partial charge in [-0.05, 0) is 26.3 Å². The van der Waals surface area contributed by atoms with Gasteiger partial charge < -0.3 is 4.74 Å². The van der Waals surface area contributed by atoms with Gasteiger partial charge in [0.15, 0.2) is 0 Å². The lowest BCUT2D eigenvalue weighted by Gasteiger charge is -2.05. The average Bonchev–Trinajstić information content (AvgIpc) is 2.75. The number of nitrogens with zero attached hydrogens (tertiary/aromatic N) is 1. The van der Waals surface area contributed by atoms with Gasteiger partial charge in [0.2, 0.25) is 0 Å². The Balaban J connectivity index is 3.01. The molecule has 0 radical (unpaired) electrons. The maximum absolute atomic E-state index is 11.7. The van der Waals surface area contributed by atoms with Gasteiger partial charge in [-0.2, -0.15) is 5.10 Å². The Morgan fingerprint density at radius 2 is 2.17 bits per heavy atom. The highest BCUT2D eigenvalue weighted by Gasteiger charge is 2.14. The summed E-state index contributed by atoms with van der Waals surface area (Å²) in [5, 5.41) is 6.78. The molecule has 1 aromatic heterocycles. The zero-order valence-corrected chi connectivity index (χ0v) is 10.9. The molecule has 0 bridgehead atoms. The second-order valence-electron chi connectivity index (χ2n) is 3.93. The molecule has 5 nitrogen and oxygen atoms in total. The fourth-order valence-electron chi connectivity index (χ4n) is 1.59. The highest BCUT2D eigenvalue weighted by molar-refractivity contribution is 5.99. The number of rotatable bonds is 6. The van der Waals surface area contributed by atoms with Gasteiger partial charge in [0.05, 0.1) is 12.8 Å². The number of aromatic nitrogens is 2. The fraction of sp³-hybridized carbons (Fsp3) is 0.462. The zero-order valence-electron chi connectivity index (χ0n) is 10.9. The van der Waals surface area contributed by atoms with Crippen molar-refractivity contribution in [2.75, 3.05) is 6.61 Å². The van der Waals surface area contributed by atoms with Crippen LogP contribution in [0.1, 0.15) is 38.4 Å². The minimum Gasteiger partial charge on any atom is -0.463 e. The van der Waals surface area contributed by atoms with Crippen molar-refractivity contribution in [2.45, 2.75) is 33.6 Å². The molecule has 0 aliphatic heterocycles. The lowest BCUT2D eigenvalue weighted by atomic mass is 10.1. The second kappa shape index (κ2) is 6.74. The molecule has 98 valence electrons. The minimum absolute atomic E-state index is 0.0733. The Labute approximate surface area is 106 Å². The number of esters is 1. The lowest BCUT2D eigenvalue weighted by molar-refractivity contribution is -0.139. The Kier molecular flexibility index (Phi) is 5.30. The number of carbonyl (C=O) groups is 2. The summed E-state index contributed by atoms with van der Waals surface area (Å²) >= 11 is 0. The van der Waals surface area contributed by atoms with Crippen molar-refractivity contribution in [3.05, 3.63) is 23.0 Å². The summed E-state index contributed by atoms with van der Waals surface area (Å²) in [4.78, 5) is 22.9. The molecule has 1 aromatic rings. The van der Waals surface area contributed by atoms with Gasteiger partial charge in [-0.15, -0.1) is 0 Å². The highest BCUT2D eigenvalue weighted by atomic mass is 16.5. The van der Waals surface area contributed by atoms with Crippen LogP contribution in [0.3, 0.4) is 0 Å². The van der Waals surface area contributed by atoms with E-state index in [0.717, 1.165) is 17.7 Å². The molecule has 0 unspecified atom stereocenters. The van der Waals surface area contributed by atoms with Crippen molar-refractivity contribution in [3.8, 4) is 0 Å². The quantitative estimate of drug-likeness (QED) is 0.618. The zero-order chi connectivity index (χ0) is 13.5. The number of nitrogens with one attached hydrogen (secondary N) is 1. The SMILES string of the molecule is CCOC(=O)C(=Cc1cn[nH]c1CC)CC(C)=O. The maximum Gasteiger partial charge on any atom is 0.334 e. The Morgan fingerprint density at radius 1 is 1.44 bits per heavy atom. The third-order valence-electron chi connectivity index (χ3n) is 2.41. The van der Waals surface area contributed by atoms with E-state index >= 15 is 0 Å². The summed E-state index contributed by atoms with van der Waals surface area (Å²) in [6, 6.07) is 0. The van der Waals surface area contributed by atoms with Crippen LogP contribution in [-0.4, -0.2) is 28.6 Å². The number of hydrogen-bond donors (Lipinski definition) is 1. The minimum atomic E-state index is -0.448. The number of aryl methyl sites for hydroxylation is 1. The predicted octanol–water partition coefficient (Wildman–Crippen LogP) is 1.90. The maximum atomic E-state index is 11.7. The third kappa shape index (κ3) is 3.84. The van der Waals surface area contributed by atoms with Crippen LogP contribution < -0.4 is 0 Å². The van der Waals surface area contributed by atoms with Crippen molar-refractivity contribution >= 4 is 17.8 Å². The van der Waals surface area contributed by atoms with Gasteiger partial charge in [0, 0.05) is 23.3 Å². The molecule has 0 saturated heterocycles. The van der Waals surface area contributed by atoms with Crippen molar-refractivity contribution in [2.24, 2.45) is 0 Å². The first-order valence-corrected chi connectivity index (χ1v) is 5.97. The monoisotopic (exact) mass is 250 g/mol. The summed E-state index contributed by atoms with van der Waals surface area (Å²) in [5.41, 5.74) is 2.11. The van der Waals surface area contributed by atoms with Crippen LogP contribution in [0, 0.1) is 0 Å². The van der Waals surface area contributed by atoms with Crippen molar-refractivity contribution in [1.82, 2.24) is 10.2 Å². The molecule has 0 fully saturated rings. The van der Waals surface area contributed by atoms with Gasteiger partial charge in [0.25, 0.3) is 0 Å². The van der Waals surface area contributed by atoms with Gasteiger partial charge in [-0.25, -0.2) is 4.79 Å². The van der Waals surface area contributed by atoms with Crippen LogP contribution in [0.5, 0.6) is 0 Å². The number of Topliss-reactive ketones (excluding diaryl/α,β-unsaturated/α-hetero) is 1. The molecule has 0 saturated carbocycles. The number of aromatic amines is 1. The number of carbonyl (C=O) groups excluding carboxylic acids is 2. The summed E-state index contributed by atoms with van der Waals surface area (Å²) < 4.78 is 4.94. The molecule has 1 rings (SSSR count). The number of ether oxygens (including phenoxy) is 1. The molecule has 0 spiro atoms. The normalized spacial score (nSPS) is 11.4. The van der Waals surface area contributed by atoms with Crippen molar-refractivity contribution < 1.29 is 14.3 Å². The van der Waals surface area contributed by atoms with Crippen LogP contribution in [0.25, 0.3) is 6.08 Å². The molecule has 0 aliphatic rings. The van der Waals surface area contributed by atoms with E-state index in [1.54, 1.807) is 19.2 Å². The Bertz CT molecular complexity index is 461. The van der Waals surface area contributed by atoms with Crippen LogP contribution in [0.15, 0.2) is 11.8 Å². The molecule has 0 aliphatic carbocycles. The molecule has 0 atom stereocenters. The van der Waals surface area contributed by atoms with E-state index in [1.165, 1.54) is 6.92 Å². The second-order valence-corrected chi connectivity index (χ2v) is 3.93. The summed E-state index contributed by atoms with van der Waals surface area (Å²) in [7, 11) is 0. The van der Waals surface area contributed by atoms with E-state index in [2.05, 4.69) is 10.2 Å².